The van der Waals surface area contributed by atoms with Gasteiger partial charge in [-0.3, -0.25) is 0 Å². The highest BCUT2D eigenvalue weighted by Gasteiger charge is 2.26. The van der Waals surface area contributed by atoms with Crippen molar-refractivity contribution in [3.8, 4) is 0 Å². The van der Waals surface area contributed by atoms with E-state index in [1.165, 1.54) is 6.92 Å². The Morgan fingerprint density at radius 1 is 1.42 bits per heavy atom. The van der Waals surface area contributed by atoms with E-state index in [9.17, 15) is 17.9 Å². The highest BCUT2D eigenvalue weighted by Crippen LogP contribution is 2.29. The summed E-state index contributed by atoms with van der Waals surface area (Å²) in [7, 11) is -4.13. The van der Waals surface area contributed by atoms with E-state index < -0.39 is 44.5 Å². The number of benzene rings is 1. The minimum Gasteiger partial charge on any atom is -0.393 e. The molecule has 0 bridgehead atoms. The first-order valence-electron chi connectivity index (χ1n) is 5.07. The smallest absolute Gasteiger partial charge is 0.242 e. The lowest BCUT2D eigenvalue weighted by molar-refractivity contribution is 0.00681. The number of nitrogens with one attached hydrogen (secondary N) is 1. The van der Waals surface area contributed by atoms with Crippen LogP contribution < -0.4 is 4.72 Å². The van der Waals surface area contributed by atoms with Gasteiger partial charge in [0, 0.05) is 6.54 Å². The molecule has 0 amide bonds. The van der Waals surface area contributed by atoms with Crippen LogP contribution in [0.15, 0.2) is 17.0 Å². The van der Waals surface area contributed by atoms with Gasteiger partial charge in [-0.25, -0.2) is 17.5 Å². The second kappa shape index (κ2) is 5.90. The standard InChI is InChI=1S/C10H12Cl2FNO4S/c1-10(16,5-15)4-14-19(17,18)7-3-2-6(11)9(13)8(7)12/h2-3,14-16H,4-5H2,1H3. The fraction of sp³-hybridized carbons (Fsp3) is 0.400. The van der Waals surface area contributed by atoms with Crippen LogP contribution in [0.2, 0.25) is 10.0 Å². The van der Waals surface area contributed by atoms with E-state index >= 15 is 0 Å². The Balaban J connectivity index is 3.06. The number of sulfonamides is 1. The normalized spacial score (nSPS) is 15.3. The average Bonchev–Trinajstić information content (AvgIpc) is 2.34. The molecule has 0 fully saturated rings. The van der Waals surface area contributed by atoms with Crippen molar-refractivity contribution in [2.45, 2.75) is 17.4 Å². The third kappa shape index (κ3) is 4.01. The molecule has 9 heteroatoms. The van der Waals surface area contributed by atoms with E-state index in [2.05, 4.69) is 0 Å². The molecule has 0 saturated carbocycles. The molecule has 3 N–H and O–H groups in total. The van der Waals surface area contributed by atoms with Crippen molar-refractivity contribution < 1.29 is 23.0 Å². The summed E-state index contributed by atoms with van der Waals surface area (Å²) in [6.45, 7) is 0.143. The predicted molar refractivity (Wildman–Crippen MR) is 69.3 cm³/mol. The molecular weight excluding hydrogens is 320 g/mol. The van der Waals surface area contributed by atoms with Crippen LogP contribution in [0, 0.1) is 5.82 Å². The molecule has 0 radical (unpaired) electrons. The number of halogens is 3. The van der Waals surface area contributed by atoms with Gasteiger partial charge in [0.2, 0.25) is 10.0 Å². The molecule has 1 unspecified atom stereocenters. The first kappa shape index (κ1) is 16.6. The highest BCUT2D eigenvalue weighted by molar-refractivity contribution is 7.89. The van der Waals surface area contributed by atoms with Crippen molar-refractivity contribution in [1.29, 1.82) is 0 Å². The molecule has 5 nitrogen and oxygen atoms in total. The molecule has 0 aliphatic rings. The lowest BCUT2D eigenvalue weighted by Crippen LogP contribution is -2.43. The molecule has 1 atom stereocenters. The van der Waals surface area contributed by atoms with Crippen molar-refractivity contribution in [2.24, 2.45) is 0 Å². The van der Waals surface area contributed by atoms with Gasteiger partial charge in [-0.15, -0.1) is 0 Å². The van der Waals surface area contributed by atoms with E-state index in [0.29, 0.717) is 0 Å². The van der Waals surface area contributed by atoms with Crippen LogP contribution in [0.3, 0.4) is 0 Å². The van der Waals surface area contributed by atoms with Gasteiger partial charge >= 0.3 is 0 Å². The average molecular weight is 332 g/mol. The van der Waals surface area contributed by atoms with Crippen molar-refractivity contribution in [3.05, 3.63) is 28.0 Å². The van der Waals surface area contributed by atoms with Gasteiger partial charge < -0.3 is 10.2 Å². The number of hydrogen-bond donors (Lipinski definition) is 3. The van der Waals surface area contributed by atoms with Gasteiger partial charge in [-0.2, -0.15) is 0 Å². The molecule has 0 saturated heterocycles. The van der Waals surface area contributed by atoms with Crippen LogP contribution in [-0.4, -0.2) is 37.4 Å². The summed E-state index contributed by atoms with van der Waals surface area (Å²) in [5, 5.41) is 17.4. The zero-order chi connectivity index (χ0) is 14.8. The first-order chi connectivity index (χ1) is 8.60. The Hall–Kier alpha value is -0.440. The Morgan fingerprint density at radius 3 is 2.53 bits per heavy atom. The maximum atomic E-state index is 13.4. The molecule has 0 heterocycles. The van der Waals surface area contributed by atoms with Crippen molar-refractivity contribution in [2.75, 3.05) is 13.2 Å². The van der Waals surface area contributed by atoms with Crippen LogP contribution in [-0.2, 0) is 10.0 Å². The summed E-state index contributed by atoms with van der Waals surface area (Å²) in [6.07, 6.45) is 0. The molecule has 0 aliphatic heterocycles. The Kier molecular flexibility index (Phi) is 5.16. The van der Waals surface area contributed by atoms with Crippen LogP contribution in [0.25, 0.3) is 0 Å². The van der Waals surface area contributed by atoms with E-state index in [4.69, 9.17) is 28.3 Å². The van der Waals surface area contributed by atoms with E-state index in [-0.39, 0.29) is 5.02 Å². The Bertz CT molecular complexity index is 577. The van der Waals surface area contributed by atoms with Gasteiger partial charge in [-0.1, -0.05) is 23.2 Å². The lowest BCUT2D eigenvalue weighted by atomic mass is 10.1. The molecule has 1 aromatic rings. The molecule has 0 aliphatic carbocycles. The molecule has 1 rings (SSSR count). The third-order valence-electron chi connectivity index (χ3n) is 2.27. The molecule has 0 spiro atoms. The zero-order valence-electron chi connectivity index (χ0n) is 9.82. The van der Waals surface area contributed by atoms with Crippen molar-refractivity contribution >= 4 is 33.2 Å². The summed E-state index contributed by atoms with van der Waals surface area (Å²) < 4.78 is 39.2. The summed E-state index contributed by atoms with van der Waals surface area (Å²) in [5.74, 6) is -1.04. The number of rotatable bonds is 5. The largest absolute Gasteiger partial charge is 0.393 e. The number of hydrogen-bond acceptors (Lipinski definition) is 4. The maximum absolute atomic E-state index is 13.4. The number of aliphatic hydroxyl groups excluding tert-OH is 1. The van der Waals surface area contributed by atoms with Crippen molar-refractivity contribution in [1.82, 2.24) is 4.72 Å². The fourth-order valence-electron chi connectivity index (χ4n) is 1.10. The van der Waals surface area contributed by atoms with Gasteiger partial charge in [0.25, 0.3) is 0 Å². The van der Waals surface area contributed by atoms with E-state index in [0.717, 1.165) is 12.1 Å². The second-order valence-electron chi connectivity index (χ2n) is 4.15. The summed E-state index contributed by atoms with van der Waals surface area (Å²) >= 11 is 11.0. The maximum Gasteiger partial charge on any atom is 0.242 e. The topological polar surface area (TPSA) is 86.6 Å². The predicted octanol–water partition coefficient (Wildman–Crippen LogP) is 1.15. The summed E-state index contributed by atoms with van der Waals surface area (Å²) in [5.41, 5.74) is -1.63. The van der Waals surface area contributed by atoms with Crippen LogP contribution in [0.5, 0.6) is 0 Å². The highest BCUT2D eigenvalue weighted by atomic mass is 35.5. The van der Waals surface area contributed by atoms with Crippen LogP contribution in [0.1, 0.15) is 6.92 Å². The van der Waals surface area contributed by atoms with E-state index in [1.807, 2.05) is 4.72 Å². The monoisotopic (exact) mass is 331 g/mol. The molecule has 19 heavy (non-hydrogen) atoms. The molecular formula is C10H12Cl2FNO4S. The van der Waals surface area contributed by atoms with Gasteiger partial charge in [0.15, 0.2) is 5.82 Å². The first-order valence-corrected chi connectivity index (χ1v) is 7.31. The number of aliphatic hydroxyl groups is 2. The zero-order valence-corrected chi connectivity index (χ0v) is 12.2. The Morgan fingerprint density at radius 2 is 2.00 bits per heavy atom. The van der Waals surface area contributed by atoms with Crippen LogP contribution >= 0.6 is 23.2 Å². The lowest BCUT2D eigenvalue weighted by Gasteiger charge is -2.20. The summed E-state index contributed by atoms with van der Waals surface area (Å²) in [4.78, 5) is -0.496. The fourth-order valence-corrected chi connectivity index (χ4v) is 3.00. The van der Waals surface area contributed by atoms with Crippen LogP contribution in [0.4, 0.5) is 4.39 Å². The minimum absolute atomic E-state index is 0.300. The third-order valence-corrected chi connectivity index (χ3v) is 4.49. The quantitative estimate of drug-likeness (QED) is 0.706. The van der Waals surface area contributed by atoms with Gasteiger partial charge in [0.05, 0.1) is 22.3 Å². The van der Waals surface area contributed by atoms with E-state index in [1.54, 1.807) is 0 Å². The minimum atomic E-state index is -4.13. The Labute approximate surface area is 120 Å². The molecule has 1 aromatic carbocycles. The molecule has 0 aromatic heterocycles. The molecule has 108 valence electrons. The van der Waals surface area contributed by atoms with Gasteiger partial charge in [0.1, 0.15) is 4.90 Å². The second-order valence-corrected chi connectivity index (χ2v) is 6.67. The summed E-state index contributed by atoms with van der Waals surface area (Å²) in [6, 6.07) is 2.10. The van der Waals surface area contributed by atoms with Gasteiger partial charge in [-0.05, 0) is 19.1 Å². The van der Waals surface area contributed by atoms with Crippen molar-refractivity contribution in [3.63, 3.8) is 0 Å². The SMILES string of the molecule is CC(O)(CO)CNS(=O)(=O)c1ccc(Cl)c(F)c1Cl.